The van der Waals surface area contributed by atoms with Gasteiger partial charge in [0, 0.05) is 0 Å². The van der Waals surface area contributed by atoms with Crippen LogP contribution in [0.25, 0.3) is 0 Å². The van der Waals surface area contributed by atoms with Gasteiger partial charge in [0.2, 0.25) is 0 Å². The quantitative estimate of drug-likeness (QED) is 0.740. The van der Waals surface area contributed by atoms with Crippen molar-refractivity contribution in [3.05, 3.63) is 0 Å². The molecule has 2 atom stereocenters. The first-order chi connectivity index (χ1) is 7.14. The molecule has 2 unspecified atom stereocenters. The summed E-state index contributed by atoms with van der Waals surface area (Å²) in [6, 6.07) is 0. The van der Waals surface area contributed by atoms with E-state index in [0.29, 0.717) is 0 Å². The molecule has 0 aromatic carbocycles. The average Bonchev–Trinajstić information content (AvgIpc) is 2.16. The Bertz CT molecular complexity index is 242. The van der Waals surface area contributed by atoms with Gasteiger partial charge in [0.25, 0.3) is 0 Å². The zero-order valence-electron chi connectivity index (χ0n) is 10.2. The van der Waals surface area contributed by atoms with Crippen LogP contribution in [0.1, 0.15) is 46.0 Å². The fourth-order valence-corrected chi connectivity index (χ4v) is 5.28. The number of hydrogen-bond donors (Lipinski definition) is 1. The average molecular weight is 207 g/mol. The highest BCUT2D eigenvalue weighted by Gasteiger charge is 2.55. The Kier molecular flexibility index (Phi) is 2.18. The molecule has 0 amide bonds. The summed E-state index contributed by atoms with van der Waals surface area (Å²) in [5.74, 6) is 4.82. The predicted molar refractivity (Wildman–Crippen MR) is 63.4 cm³/mol. The van der Waals surface area contributed by atoms with Gasteiger partial charge in [0.1, 0.15) is 0 Å². The molecule has 4 aliphatic rings. The van der Waals surface area contributed by atoms with Gasteiger partial charge in [0.15, 0.2) is 0 Å². The van der Waals surface area contributed by atoms with Crippen molar-refractivity contribution >= 4 is 0 Å². The molecule has 4 aliphatic carbocycles. The van der Waals surface area contributed by atoms with Crippen LogP contribution in [0, 0.1) is 35.0 Å². The Morgan fingerprint density at radius 2 is 1.73 bits per heavy atom. The third-order valence-electron chi connectivity index (χ3n) is 6.01. The molecule has 1 heteroatoms. The summed E-state index contributed by atoms with van der Waals surface area (Å²) < 4.78 is 0. The van der Waals surface area contributed by atoms with Crippen LogP contribution < -0.4 is 5.73 Å². The molecule has 15 heavy (non-hydrogen) atoms. The van der Waals surface area contributed by atoms with Crippen molar-refractivity contribution in [2.24, 2.45) is 40.7 Å². The van der Waals surface area contributed by atoms with Crippen molar-refractivity contribution in [3.8, 4) is 0 Å². The molecule has 0 saturated heterocycles. The van der Waals surface area contributed by atoms with E-state index in [9.17, 15) is 0 Å². The lowest BCUT2D eigenvalue weighted by atomic mass is 9.44. The van der Waals surface area contributed by atoms with Crippen LogP contribution in [-0.4, -0.2) is 6.54 Å². The fourth-order valence-electron chi connectivity index (χ4n) is 5.28. The van der Waals surface area contributed by atoms with Gasteiger partial charge in [-0.1, -0.05) is 13.8 Å². The zero-order valence-corrected chi connectivity index (χ0v) is 10.2. The lowest BCUT2D eigenvalue weighted by Crippen LogP contribution is -2.54. The summed E-state index contributed by atoms with van der Waals surface area (Å²) in [4.78, 5) is 0. The molecule has 0 aromatic heterocycles. The second-order valence-corrected chi connectivity index (χ2v) is 6.89. The summed E-state index contributed by atoms with van der Waals surface area (Å²) in [6.07, 6.45) is 7.55. The molecule has 0 aliphatic heterocycles. The summed E-state index contributed by atoms with van der Waals surface area (Å²) in [7, 11) is 0. The third-order valence-corrected chi connectivity index (χ3v) is 6.01. The minimum absolute atomic E-state index is 0.724. The van der Waals surface area contributed by atoms with Gasteiger partial charge in [0.05, 0.1) is 0 Å². The molecular formula is C14H25N. The van der Waals surface area contributed by atoms with Crippen LogP contribution >= 0.6 is 0 Å². The topological polar surface area (TPSA) is 26.0 Å². The van der Waals surface area contributed by atoms with Crippen LogP contribution in [-0.2, 0) is 0 Å². The van der Waals surface area contributed by atoms with Gasteiger partial charge in [-0.25, -0.2) is 0 Å². The van der Waals surface area contributed by atoms with Crippen LogP contribution in [0.15, 0.2) is 0 Å². The van der Waals surface area contributed by atoms with E-state index in [0.717, 1.165) is 41.5 Å². The van der Waals surface area contributed by atoms with E-state index in [1.54, 1.807) is 0 Å². The van der Waals surface area contributed by atoms with E-state index in [1.165, 1.54) is 32.1 Å². The first-order valence-electron chi connectivity index (χ1n) is 6.84. The smallest absolute Gasteiger partial charge is 0.00436 e. The predicted octanol–water partition coefficient (Wildman–Crippen LogP) is 3.04. The maximum Gasteiger partial charge on any atom is -0.00436 e. The monoisotopic (exact) mass is 207 g/mol. The van der Waals surface area contributed by atoms with Crippen molar-refractivity contribution in [3.63, 3.8) is 0 Å². The molecule has 0 radical (unpaired) electrons. The zero-order chi connectivity index (χ0) is 10.6. The van der Waals surface area contributed by atoms with Gasteiger partial charge in [-0.05, 0) is 73.7 Å². The molecule has 2 N–H and O–H groups in total. The third kappa shape index (κ3) is 1.32. The van der Waals surface area contributed by atoms with Gasteiger partial charge >= 0.3 is 0 Å². The maximum atomic E-state index is 5.97. The second-order valence-electron chi connectivity index (χ2n) is 6.89. The highest BCUT2D eigenvalue weighted by molar-refractivity contribution is 5.05. The minimum Gasteiger partial charge on any atom is -0.330 e. The van der Waals surface area contributed by atoms with Crippen LogP contribution in [0.3, 0.4) is 0 Å². The van der Waals surface area contributed by atoms with Crippen LogP contribution in [0.4, 0.5) is 0 Å². The lowest BCUT2D eigenvalue weighted by Gasteiger charge is -2.61. The Morgan fingerprint density at radius 1 is 1.13 bits per heavy atom. The largest absolute Gasteiger partial charge is 0.330 e. The van der Waals surface area contributed by atoms with E-state index >= 15 is 0 Å². The van der Waals surface area contributed by atoms with Crippen LogP contribution in [0.2, 0.25) is 0 Å². The van der Waals surface area contributed by atoms with Gasteiger partial charge in [-0.3, -0.25) is 0 Å². The first kappa shape index (κ1) is 10.1. The van der Waals surface area contributed by atoms with Crippen molar-refractivity contribution in [1.82, 2.24) is 0 Å². The van der Waals surface area contributed by atoms with E-state index in [2.05, 4.69) is 13.8 Å². The summed E-state index contributed by atoms with van der Waals surface area (Å²) >= 11 is 0. The lowest BCUT2D eigenvalue weighted by molar-refractivity contribution is -0.113. The number of nitrogens with two attached hydrogens (primary N) is 1. The Morgan fingerprint density at radius 3 is 2.20 bits per heavy atom. The van der Waals surface area contributed by atoms with Gasteiger partial charge < -0.3 is 5.73 Å². The van der Waals surface area contributed by atoms with Gasteiger partial charge in [-0.15, -0.1) is 0 Å². The van der Waals surface area contributed by atoms with E-state index in [-0.39, 0.29) is 0 Å². The van der Waals surface area contributed by atoms with E-state index in [1.807, 2.05) is 0 Å². The Labute approximate surface area is 93.8 Å². The standard InChI is InChI=1S/C14H25N/c1-9(2)14-5-10-3-11(6-14)13(8-15)12(4-10)7-14/h9-13H,3-8,15H2,1-2H3. The normalized spacial score (nSPS) is 52.8. The molecule has 0 heterocycles. The van der Waals surface area contributed by atoms with Crippen molar-refractivity contribution < 1.29 is 0 Å². The molecule has 4 rings (SSSR count). The minimum atomic E-state index is 0.724. The summed E-state index contributed by atoms with van der Waals surface area (Å²) in [5.41, 5.74) is 6.70. The molecule has 1 nitrogen and oxygen atoms in total. The fraction of sp³-hybridized carbons (Fsp3) is 1.00. The highest BCUT2D eigenvalue weighted by atomic mass is 14.7. The SMILES string of the molecule is CC(C)C12CC3CC(C1)C(CN)C(C3)C2. The van der Waals surface area contributed by atoms with E-state index in [4.69, 9.17) is 5.73 Å². The van der Waals surface area contributed by atoms with Crippen LogP contribution in [0.5, 0.6) is 0 Å². The number of rotatable bonds is 2. The first-order valence-corrected chi connectivity index (χ1v) is 6.84. The molecule has 0 spiro atoms. The van der Waals surface area contributed by atoms with Crippen molar-refractivity contribution in [2.75, 3.05) is 6.54 Å². The highest BCUT2D eigenvalue weighted by Crippen LogP contribution is 2.64. The Balaban J connectivity index is 1.89. The maximum absolute atomic E-state index is 5.97. The molecule has 4 bridgehead atoms. The number of hydrogen-bond acceptors (Lipinski definition) is 1. The van der Waals surface area contributed by atoms with Crippen molar-refractivity contribution in [1.29, 1.82) is 0 Å². The molecule has 4 fully saturated rings. The molecule has 4 saturated carbocycles. The Hall–Kier alpha value is -0.0400. The second kappa shape index (κ2) is 3.23. The molecule has 0 aromatic rings. The van der Waals surface area contributed by atoms with Gasteiger partial charge in [-0.2, -0.15) is 0 Å². The summed E-state index contributed by atoms with van der Waals surface area (Å²) in [5, 5.41) is 0. The molecular weight excluding hydrogens is 182 g/mol. The van der Waals surface area contributed by atoms with E-state index < -0.39 is 0 Å². The van der Waals surface area contributed by atoms with Crippen molar-refractivity contribution in [2.45, 2.75) is 46.0 Å². The molecule has 86 valence electrons. The summed E-state index contributed by atoms with van der Waals surface area (Å²) in [6.45, 7) is 5.85.